The lowest BCUT2D eigenvalue weighted by Crippen LogP contribution is -2.35. The van der Waals surface area contributed by atoms with E-state index in [0.29, 0.717) is 11.4 Å². The average molecular weight is 721 g/mol. The van der Waals surface area contributed by atoms with Crippen LogP contribution in [-0.4, -0.2) is 25.2 Å². The number of anilines is 2. The van der Waals surface area contributed by atoms with E-state index in [1.165, 1.54) is 0 Å². The third-order valence-corrected chi connectivity index (χ3v) is 9.56. The molecule has 0 atom stereocenters. The van der Waals surface area contributed by atoms with Gasteiger partial charge in [0.05, 0.1) is 26.4 Å². The van der Waals surface area contributed by atoms with Gasteiger partial charge in [0.25, 0.3) is 0 Å². The molecule has 4 N–H and O–H groups in total. The van der Waals surface area contributed by atoms with Crippen LogP contribution in [-0.2, 0) is 53.0 Å². The average Bonchev–Trinajstić information content (AvgIpc) is 3.22. The van der Waals surface area contributed by atoms with E-state index in [1.807, 2.05) is 170 Å². The van der Waals surface area contributed by atoms with Crippen LogP contribution in [0.15, 0.2) is 170 Å². The first kappa shape index (κ1) is 37.5. The van der Waals surface area contributed by atoms with Crippen molar-refractivity contribution in [3.63, 3.8) is 0 Å². The van der Waals surface area contributed by atoms with Crippen molar-refractivity contribution < 1.29 is 28.5 Å². The van der Waals surface area contributed by atoms with E-state index in [2.05, 4.69) is 0 Å². The third-order valence-electron chi connectivity index (χ3n) is 9.56. The Kier molecular flexibility index (Phi) is 12.5. The SMILES string of the molecule is Nc1ccccc1COC(CCOC(=O)C(=O)OCCC(OCc1ccccc1N)(c1ccccc1)c1ccccc1)(c1ccccc1)c1ccccc1. The summed E-state index contributed by atoms with van der Waals surface area (Å²) >= 11 is 0. The van der Waals surface area contributed by atoms with Crippen LogP contribution < -0.4 is 11.5 Å². The molecule has 0 saturated carbocycles. The first-order valence-corrected chi connectivity index (χ1v) is 17.9. The summed E-state index contributed by atoms with van der Waals surface area (Å²) in [6, 6.07) is 54.0. The van der Waals surface area contributed by atoms with Gasteiger partial charge in [-0.05, 0) is 34.4 Å². The lowest BCUT2D eigenvalue weighted by atomic mass is 9.83. The molecule has 0 unspecified atom stereocenters. The van der Waals surface area contributed by atoms with Crippen LogP contribution in [0.2, 0.25) is 0 Å². The number of rotatable bonds is 16. The lowest BCUT2D eigenvalue weighted by molar-refractivity contribution is -0.170. The molecule has 0 aliphatic heterocycles. The summed E-state index contributed by atoms with van der Waals surface area (Å²) in [5.74, 6) is -2.19. The smallest absolute Gasteiger partial charge is 0.417 e. The number of ether oxygens (including phenoxy) is 4. The Bertz CT molecular complexity index is 1860. The van der Waals surface area contributed by atoms with E-state index in [0.717, 1.165) is 33.4 Å². The van der Waals surface area contributed by atoms with Gasteiger partial charge in [-0.15, -0.1) is 0 Å². The molecule has 8 nitrogen and oxygen atoms in total. The van der Waals surface area contributed by atoms with Crippen LogP contribution in [0.3, 0.4) is 0 Å². The largest absolute Gasteiger partial charge is 0.457 e. The van der Waals surface area contributed by atoms with Crippen molar-refractivity contribution in [1.82, 2.24) is 0 Å². The van der Waals surface area contributed by atoms with Crippen LogP contribution in [0, 0.1) is 0 Å². The van der Waals surface area contributed by atoms with Crippen LogP contribution in [0.1, 0.15) is 46.2 Å². The van der Waals surface area contributed by atoms with Crippen molar-refractivity contribution in [3.05, 3.63) is 203 Å². The quantitative estimate of drug-likeness (QED) is 0.0581. The maximum atomic E-state index is 13.2. The zero-order valence-electron chi connectivity index (χ0n) is 30.0. The van der Waals surface area contributed by atoms with Crippen LogP contribution in [0.25, 0.3) is 0 Å². The Labute approximate surface area is 316 Å². The fourth-order valence-corrected chi connectivity index (χ4v) is 6.64. The van der Waals surface area contributed by atoms with Crippen LogP contribution in [0.4, 0.5) is 11.4 Å². The van der Waals surface area contributed by atoms with Crippen molar-refractivity contribution in [3.8, 4) is 0 Å². The van der Waals surface area contributed by atoms with Gasteiger partial charge in [-0.25, -0.2) is 9.59 Å². The molecule has 0 aromatic heterocycles. The second-order valence-electron chi connectivity index (χ2n) is 12.9. The molecule has 0 heterocycles. The Morgan fingerprint density at radius 1 is 0.407 bits per heavy atom. The molecule has 0 aliphatic rings. The Morgan fingerprint density at radius 3 is 0.981 bits per heavy atom. The third kappa shape index (κ3) is 8.86. The Balaban J connectivity index is 1.17. The molecule has 8 heteroatoms. The van der Waals surface area contributed by atoms with E-state index in [4.69, 9.17) is 30.4 Å². The van der Waals surface area contributed by atoms with Crippen LogP contribution in [0.5, 0.6) is 0 Å². The van der Waals surface area contributed by atoms with E-state index in [-0.39, 0.29) is 39.3 Å². The molecule has 54 heavy (non-hydrogen) atoms. The Morgan fingerprint density at radius 2 is 0.685 bits per heavy atom. The first-order valence-electron chi connectivity index (χ1n) is 17.9. The predicted molar refractivity (Wildman–Crippen MR) is 210 cm³/mol. The number of hydrogen-bond acceptors (Lipinski definition) is 8. The number of para-hydroxylation sites is 2. The first-order chi connectivity index (χ1) is 26.4. The number of carbonyl (C=O) groups is 2. The Hall–Kier alpha value is -6.22. The minimum absolute atomic E-state index is 0.123. The summed E-state index contributed by atoms with van der Waals surface area (Å²) in [4.78, 5) is 26.3. The maximum Gasteiger partial charge on any atom is 0.417 e. The highest BCUT2D eigenvalue weighted by molar-refractivity contribution is 6.29. The van der Waals surface area contributed by atoms with Gasteiger partial charge in [0.1, 0.15) is 11.2 Å². The predicted octanol–water partition coefficient (Wildman–Crippen LogP) is 8.34. The molecule has 0 spiro atoms. The number of nitrogen functional groups attached to an aromatic ring is 2. The van der Waals surface area contributed by atoms with Crippen molar-refractivity contribution in [1.29, 1.82) is 0 Å². The highest BCUT2D eigenvalue weighted by Crippen LogP contribution is 2.40. The van der Waals surface area contributed by atoms with Crippen molar-refractivity contribution in [2.45, 2.75) is 37.3 Å². The van der Waals surface area contributed by atoms with Crippen molar-refractivity contribution >= 4 is 23.3 Å². The maximum absolute atomic E-state index is 13.2. The van der Waals surface area contributed by atoms with Gasteiger partial charge in [0.15, 0.2) is 0 Å². The standard InChI is InChI=1S/C46H44N2O6/c47-41-27-15-13-17-35(41)33-53-45(37-19-5-1-6-20-37,38-21-7-2-8-22-38)29-31-51-43(49)44(50)52-32-30-46(39-23-9-3-10-24-39,40-25-11-4-12-26-40)54-34-36-18-14-16-28-42(36)48/h1-28H,29-34,47-48H2. The molecule has 0 radical (unpaired) electrons. The molecule has 0 amide bonds. The van der Waals surface area contributed by atoms with E-state index in [9.17, 15) is 9.59 Å². The highest BCUT2D eigenvalue weighted by atomic mass is 16.6. The molecular formula is C46H44N2O6. The minimum Gasteiger partial charge on any atom is -0.457 e. The number of benzene rings is 6. The van der Waals surface area contributed by atoms with Gasteiger partial charge < -0.3 is 30.4 Å². The van der Waals surface area contributed by atoms with Gasteiger partial charge in [0, 0.05) is 35.3 Å². The molecule has 6 aromatic rings. The van der Waals surface area contributed by atoms with Gasteiger partial charge in [-0.1, -0.05) is 158 Å². The number of carbonyl (C=O) groups excluding carboxylic acids is 2. The summed E-state index contributed by atoms with van der Waals surface area (Å²) in [7, 11) is 0. The molecule has 6 aromatic carbocycles. The second kappa shape index (κ2) is 18.0. The fourth-order valence-electron chi connectivity index (χ4n) is 6.64. The number of hydrogen-bond donors (Lipinski definition) is 2. The van der Waals surface area contributed by atoms with E-state index in [1.54, 1.807) is 0 Å². The monoisotopic (exact) mass is 720 g/mol. The van der Waals surface area contributed by atoms with Crippen molar-refractivity contribution in [2.24, 2.45) is 0 Å². The van der Waals surface area contributed by atoms with Gasteiger partial charge >= 0.3 is 11.9 Å². The van der Waals surface area contributed by atoms with E-state index < -0.39 is 23.1 Å². The summed E-state index contributed by atoms with van der Waals surface area (Å²) in [5.41, 5.74) is 16.8. The zero-order chi connectivity index (χ0) is 37.6. The van der Waals surface area contributed by atoms with Gasteiger partial charge in [-0.2, -0.15) is 0 Å². The highest BCUT2D eigenvalue weighted by Gasteiger charge is 2.38. The lowest BCUT2D eigenvalue weighted by Gasteiger charge is -2.35. The van der Waals surface area contributed by atoms with Gasteiger partial charge in [0.2, 0.25) is 0 Å². The van der Waals surface area contributed by atoms with E-state index >= 15 is 0 Å². The number of esters is 2. The summed E-state index contributed by atoms with van der Waals surface area (Å²) in [6.07, 6.45) is 0.433. The molecule has 6 rings (SSSR count). The molecule has 0 fully saturated rings. The minimum atomic E-state index is -1.10. The van der Waals surface area contributed by atoms with Crippen molar-refractivity contribution in [2.75, 3.05) is 24.7 Å². The normalized spacial score (nSPS) is 11.5. The summed E-state index contributed by atoms with van der Waals surface area (Å²) in [5, 5.41) is 0. The second-order valence-corrected chi connectivity index (χ2v) is 12.9. The molecule has 0 bridgehead atoms. The summed E-state index contributed by atoms with van der Waals surface area (Å²) < 4.78 is 24.7. The fraction of sp³-hybridized carbons (Fsp3) is 0.174. The number of nitrogens with two attached hydrogens (primary N) is 2. The van der Waals surface area contributed by atoms with Gasteiger partial charge in [-0.3, -0.25) is 0 Å². The molecule has 0 aliphatic carbocycles. The summed E-state index contributed by atoms with van der Waals surface area (Å²) in [6.45, 7) is 0.162. The topological polar surface area (TPSA) is 123 Å². The molecular weight excluding hydrogens is 677 g/mol. The molecule has 274 valence electrons. The zero-order valence-corrected chi connectivity index (χ0v) is 30.0. The van der Waals surface area contributed by atoms with Crippen LogP contribution >= 0.6 is 0 Å². The molecule has 0 saturated heterocycles.